The maximum absolute atomic E-state index is 6.23. The molecule has 5 nitrogen and oxygen atoms in total. The van der Waals surface area contributed by atoms with E-state index in [4.69, 9.17) is 11.5 Å². The number of rotatable bonds is 2. The Bertz CT molecular complexity index is 536. The molecule has 0 spiro atoms. The Kier molecular flexibility index (Phi) is 3.81. The molecule has 1 aromatic rings. The van der Waals surface area contributed by atoms with Crippen LogP contribution in [0.3, 0.4) is 0 Å². The van der Waals surface area contributed by atoms with Crippen LogP contribution in [-0.2, 0) is 0 Å². The molecular formula is C15H23N5. The van der Waals surface area contributed by atoms with Crippen molar-refractivity contribution in [1.82, 2.24) is 15.3 Å². The fraction of sp³-hybridized carbons (Fsp3) is 0.467. The molecule has 0 saturated heterocycles. The van der Waals surface area contributed by atoms with Gasteiger partial charge in [0.1, 0.15) is 0 Å². The third-order valence-electron chi connectivity index (χ3n) is 3.24. The molecule has 0 bridgehead atoms. The van der Waals surface area contributed by atoms with Gasteiger partial charge in [-0.3, -0.25) is 0 Å². The lowest BCUT2D eigenvalue weighted by atomic mass is 9.87. The van der Waals surface area contributed by atoms with E-state index in [1.165, 1.54) is 0 Å². The van der Waals surface area contributed by atoms with E-state index in [1.54, 1.807) is 12.4 Å². The van der Waals surface area contributed by atoms with Crippen molar-refractivity contribution in [2.75, 3.05) is 5.73 Å². The van der Waals surface area contributed by atoms with Crippen LogP contribution < -0.4 is 16.8 Å². The van der Waals surface area contributed by atoms with Crippen molar-refractivity contribution >= 4 is 11.5 Å². The van der Waals surface area contributed by atoms with E-state index in [2.05, 4.69) is 49.1 Å². The zero-order chi connectivity index (χ0) is 14.9. The summed E-state index contributed by atoms with van der Waals surface area (Å²) in [6.07, 6.45) is 7.62. The molecule has 2 unspecified atom stereocenters. The largest absolute Gasteiger partial charge is 0.401 e. The lowest BCUT2D eigenvalue weighted by Gasteiger charge is -2.34. The molecule has 108 valence electrons. The zero-order valence-corrected chi connectivity index (χ0v) is 12.5. The van der Waals surface area contributed by atoms with Gasteiger partial charge in [-0.15, -0.1) is 0 Å². The van der Waals surface area contributed by atoms with Crippen LogP contribution >= 0.6 is 0 Å². The Morgan fingerprint density at radius 2 is 1.75 bits per heavy atom. The van der Waals surface area contributed by atoms with Gasteiger partial charge in [0.15, 0.2) is 0 Å². The van der Waals surface area contributed by atoms with Gasteiger partial charge >= 0.3 is 0 Å². The number of hydrogen-bond acceptors (Lipinski definition) is 5. The van der Waals surface area contributed by atoms with Gasteiger partial charge in [0.25, 0.3) is 0 Å². The Morgan fingerprint density at radius 1 is 1.15 bits per heavy atom. The van der Waals surface area contributed by atoms with Crippen LogP contribution in [0.5, 0.6) is 0 Å². The van der Waals surface area contributed by atoms with Gasteiger partial charge in [0.05, 0.1) is 6.04 Å². The minimum Gasteiger partial charge on any atom is -0.401 e. The van der Waals surface area contributed by atoms with Crippen molar-refractivity contribution in [2.45, 2.75) is 39.3 Å². The van der Waals surface area contributed by atoms with Gasteiger partial charge < -0.3 is 16.8 Å². The fourth-order valence-electron chi connectivity index (χ4n) is 2.35. The van der Waals surface area contributed by atoms with E-state index in [0.717, 1.165) is 16.8 Å². The molecule has 20 heavy (non-hydrogen) atoms. The molecular weight excluding hydrogens is 250 g/mol. The maximum atomic E-state index is 6.23. The van der Waals surface area contributed by atoms with Crippen molar-refractivity contribution in [3.05, 3.63) is 35.8 Å². The summed E-state index contributed by atoms with van der Waals surface area (Å²) in [6, 6.07) is 0.147. The van der Waals surface area contributed by atoms with E-state index < -0.39 is 0 Å². The lowest BCUT2D eigenvalue weighted by Crippen LogP contribution is -2.49. The van der Waals surface area contributed by atoms with Crippen molar-refractivity contribution in [3.8, 4) is 0 Å². The highest BCUT2D eigenvalue weighted by Crippen LogP contribution is 2.27. The highest BCUT2D eigenvalue weighted by molar-refractivity contribution is 5.75. The number of nitrogens with two attached hydrogens (primary N) is 2. The minimum absolute atomic E-state index is 0.0209. The number of nitrogen functional groups attached to an aromatic ring is 1. The first-order valence-electron chi connectivity index (χ1n) is 6.81. The predicted molar refractivity (Wildman–Crippen MR) is 82.5 cm³/mol. The Morgan fingerprint density at radius 3 is 2.25 bits per heavy atom. The van der Waals surface area contributed by atoms with Crippen LogP contribution in [0.15, 0.2) is 30.2 Å². The molecule has 2 rings (SSSR count). The Balaban J connectivity index is 2.24. The quantitative estimate of drug-likeness (QED) is 0.763. The summed E-state index contributed by atoms with van der Waals surface area (Å²) in [6.45, 7) is 8.57. The smallest absolute Gasteiger partial charge is 0.219 e. The second kappa shape index (κ2) is 5.25. The molecule has 1 aliphatic carbocycles. The highest BCUT2D eigenvalue weighted by atomic mass is 15.0. The molecule has 1 aromatic heterocycles. The van der Waals surface area contributed by atoms with Crippen LogP contribution in [0.4, 0.5) is 5.95 Å². The molecule has 0 amide bonds. The average Bonchev–Trinajstić information content (AvgIpc) is 2.33. The summed E-state index contributed by atoms with van der Waals surface area (Å²) in [4.78, 5) is 8.05. The zero-order valence-electron chi connectivity index (χ0n) is 12.5. The summed E-state index contributed by atoms with van der Waals surface area (Å²) in [5, 5.41) is 3.55. The van der Waals surface area contributed by atoms with Crippen LogP contribution in [0.25, 0.3) is 5.57 Å². The maximum Gasteiger partial charge on any atom is 0.219 e. The van der Waals surface area contributed by atoms with Crippen molar-refractivity contribution in [1.29, 1.82) is 0 Å². The summed E-state index contributed by atoms with van der Waals surface area (Å²) in [5.74, 6) is 0.578. The first kappa shape index (κ1) is 14.5. The van der Waals surface area contributed by atoms with E-state index in [9.17, 15) is 0 Å². The van der Waals surface area contributed by atoms with Crippen LogP contribution in [-0.4, -0.2) is 21.5 Å². The van der Waals surface area contributed by atoms with E-state index in [-0.39, 0.29) is 17.5 Å². The predicted octanol–water partition coefficient (Wildman–Crippen LogP) is 1.69. The van der Waals surface area contributed by atoms with E-state index in [1.807, 2.05) is 6.08 Å². The molecule has 0 saturated carbocycles. The molecule has 1 heterocycles. The first-order chi connectivity index (χ1) is 9.26. The summed E-state index contributed by atoms with van der Waals surface area (Å²) >= 11 is 0. The second-order valence-corrected chi connectivity index (χ2v) is 6.33. The molecule has 1 aliphatic rings. The number of hydrogen-bond donors (Lipinski definition) is 3. The molecule has 0 aliphatic heterocycles. The van der Waals surface area contributed by atoms with Crippen molar-refractivity contribution < 1.29 is 0 Å². The van der Waals surface area contributed by atoms with Crippen molar-refractivity contribution in [3.63, 3.8) is 0 Å². The second-order valence-electron chi connectivity index (χ2n) is 6.33. The first-order valence-corrected chi connectivity index (χ1v) is 6.81. The van der Waals surface area contributed by atoms with E-state index in [0.29, 0.717) is 5.92 Å². The number of anilines is 1. The summed E-state index contributed by atoms with van der Waals surface area (Å²) < 4.78 is 0. The third kappa shape index (κ3) is 3.36. The van der Waals surface area contributed by atoms with Gasteiger partial charge in [-0.05, 0) is 38.3 Å². The van der Waals surface area contributed by atoms with E-state index >= 15 is 0 Å². The van der Waals surface area contributed by atoms with Crippen LogP contribution in [0, 0.1) is 5.92 Å². The molecule has 0 fully saturated rings. The number of nitrogens with one attached hydrogen (secondary N) is 1. The van der Waals surface area contributed by atoms with Crippen LogP contribution in [0.2, 0.25) is 0 Å². The SMILES string of the molecule is CC1C=C(c2cnc(N)nc2)C=C(N)C1NC(C)(C)C. The van der Waals surface area contributed by atoms with Gasteiger partial charge in [0, 0.05) is 29.2 Å². The minimum atomic E-state index is 0.0209. The lowest BCUT2D eigenvalue weighted by molar-refractivity contribution is 0.344. The standard InChI is InChI=1S/C15H23N5/c1-9-5-10(11-7-18-14(17)19-8-11)6-12(16)13(9)20-15(2,3)4/h5-9,13,20H,16H2,1-4H3,(H2,17,18,19). The topological polar surface area (TPSA) is 89.8 Å². The Hall–Kier alpha value is -1.88. The summed E-state index contributed by atoms with van der Waals surface area (Å²) in [7, 11) is 0. The molecule has 0 radical (unpaired) electrons. The molecule has 5 heteroatoms. The number of allylic oxidation sites excluding steroid dienone is 2. The highest BCUT2D eigenvalue weighted by Gasteiger charge is 2.26. The average molecular weight is 273 g/mol. The van der Waals surface area contributed by atoms with Crippen LogP contribution in [0.1, 0.15) is 33.3 Å². The fourth-order valence-corrected chi connectivity index (χ4v) is 2.35. The number of nitrogens with zero attached hydrogens (tertiary/aromatic N) is 2. The van der Waals surface area contributed by atoms with Gasteiger partial charge in [0.2, 0.25) is 5.95 Å². The van der Waals surface area contributed by atoms with Gasteiger partial charge in [-0.2, -0.15) is 0 Å². The monoisotopic (exact) mass is 273 g/mol. The Labute approximate surface area is 120 Å². The molecule has 0 aromatic carbocycles. The summed E-state index contributed by atoms with van der Waals surface area (Å²) in [5.41, 5.74) is 14.6. The van der Waals surface area contributed by atoms with Gasteiger partial charge in [-0.1, -0.05) is 13.0 Å². The van der Waals surface area contributed by atoms with Gasteiger partial charge in [-0.25, -0.2) is 9.97 Å². The van der Waals surface area contributed by atoms with Crippen molar-refractivity contribution in [2.24, 2.45) is 11.7 Å². The third-order valence-corrected chi connectivity index (χ3v) is 3.24. The number of aromatic nitrogens is 2. The molecule has 2 atom stereocenters. The normalized spacial score (nSPS) is 23.2. The molecule has 5 N–H and O–H groups in total.